The number of thiophene rings is 1. The number of hydrogen-bond donors (Lipinski definition) is 0. The van der Waals surface area contributed by atoms with Crippen LogP contribution in [0.5, 0.6) is 0 Å². The molecule has 1 fully saturated rings. The molecule has 0 spiro atoms. The minimum Gasteiger partial charge on any atom is -0.272 e. The summed E-state index contributed by atoms with van der Waals surface area (Å²) < 4.78 is 0. The number of carbonyl (C=O) groups is 1. The molecule has 2 rings (SSSR count). The van der Waals surface area contributed by atoms with Crippen molar-refractivity contribution in [3.05, 3.63) is 21.9 Å². The van der Waals surface area contributed by atoms with E-state index in [-0.39, 0.29) is 5.91 Å². The van der Waals surface area contributed by atoms with E-state index < -0.39 is 0 Å². The summed E-state index contributed by atoms with van der Waals surface area (Å²) in [4.78, 5) is 19.5. The van der Waals surface area contributed by atoms with Gasteiger partial charge in [-0.05, 0) is 31.9 Å². The molecule has 0 unspecified atom stereocenters. The van der Waals surface area contributed by atoms with Gasteiger partial charge < -0.3 is 0 Å². The molecule has 0 atom stereocenters. The Hall–Kier alpha value is -0.870. The van der Waals surface area contributed by atoms with Crippen LogP contribution in [-0.4, -0.2) is 24.1 Å². The molecule has 1 aliphatic heterocycles. The summed E-state index contributed by atoms with van der Waals surface area (Å²) in [5.41, 5.74) is 0. The monoisotopic (exact) mass is 225 g/mol. The molecule has 0 saturated carbocycles. The molecule has 1 aliphatic rings. The lowest BCUT2D eigenvalue weighted by Gasteiger charge is -2.25. The van der Waals surface area contributed by atoms with Gasteiger partial charge in [0, 0.05) is 16.3 Å². The standard InChI is InChI=1S/C11H15NO2S/c1-9-4-5-10(15-9)8-11(13)12-6-2-3-7-14-12/h4-5H,2-3,6-8H2,1H3. The van der Waals surface area contributed by atoms with Crippen molar-refractivity contribution in [2.24, 2.45) is 0 Å². The van der Waals surface area contributed by atoms with Crippen molar-refractivity contribution in [1.29, 1.82) is 0 Å². The quantitative estimate of drug-likeness (QED) is 0.772. The lowest BCUT2D eigenvalue weighted by Crippen LogP contribution is -2.36. The first-order chi connectivity index (χ1) is 7.25. The van der Waals surface area contributed by atoms with Crippen LogP contribution in [0.15, 0.2) is 12.1 Å². The maximum atomic E-state index is 11.8. The fourth-order valence-corrected chi connectivity index (χ4v) is 2.49. The van der Waals surface area contributed by atoms with Crippen LogP contribution in [0.3, 0.4) is 0 Å². The van der Waals surface area contributed by atoms with E-state index in [4.69, 9.17) is 4.84 Å². The molecule has 4 heteroatoms. The number of rotatable bonds is 2. The third-order valence-corrected chi connectivity index (χ3v) is 3.40. The molecule has 1 aromatic heterocycles. The summed E-state index contributed by atoms with van der Waals surface area (Å²) in [6.07, 6.45) is 2.58. The van der Waals surface area contributed by atoms with Crippen molar-refractivity contribution >= 4 is 17.2 Å². The van der Waals surface area contributed by atoms with Gasteiger partial charge in [-0.15, -0.1) is 11.3 Å². The molecule has 1 aromatic rings. The predicted molar refractivity (Wildman–Crippen MR) is 59.7 cm³/mol. The summed E-state index contributed by atoms with van der Waals surface area (Å²) in [5, 5.41) is 1.51. The molecule has 15 heavy (non-hydrogen) atoms. The Bertz CT molecular complexity index is 342. The van der Waals surface area contributed by atoms with Gasteiger partial charge in [0.1, 0.15) is 0 Å². The van der Waals surface area contributed by atoms with Crippen LogP contribution in [0.2, 0.25) is 0 Å². The van der Waals surface area contributed by atoms with Crippen LogP contribution < -0.4 is 0 Å². The van der Waals surface area contributed by atoms with Gasteiger partial charge in [-0.3, -0.25) is 9.63 Å². The predicted octanol–water partition coefficient (Wildman–Crippen LogP) is 2.15. The second-order valence-electron chi connectivity index (χ2n) is 3.73. The fourth-order valence-electron chi connectivity index (χ4n) is 1.61. The summed E-state index contributed by atoms with van der Waals surface area (Å²) in [7, 11) is 0. The Labute approximate surface area is 93.6 Å². The van der Waals surface area contributed by atoms with Crippen molar-refractivity contribution in [2.45, 2.75) is 26.2 Å². The van der Waals surface area contributed by atoms with E-state index in [1.807, 2.05) is 12.1 Å². The largest absolute Gasteiger partial charge is 0.272 e. The Balaban J connectivity index is 1.91. The first-order valence-electron chi connectivity index (χ1n) is 5.24. The Morgan fingerprint density at radius 3 is 3.00 bits per heavy atom. The van der Waals surface area contributed by atoms with Gasteiger partial charge in [0.2, 0.25) is 0 Å². The second-order valence-corrected chi connectivity index (χ2v) is 5.10. The van der Waals surface area contributed by atoms with E-state index in [1.165, 1.54) is 9.94 Å². The smallest absolute Gasteiger partial charge is 0.251 e. The first-order valence-corrected chi connectivity index (χ1v) is 6.06. The molecular formula is C11H15NO2S. The maximum Gasteiger partial charge on any atom is 0.251 e. The summed E-state index contributed by atoms with van der Waals surface area (Å²) >= 11 is 1.68. The molecular weight excluding hydrogens is 210 g/mol. The van der Waals surface area contributed by atoms with Crippen molar-refractivity contribution in [3.63, 3.8) is 0 Å². The highest BCUT2D eigenvalue weighted by atomic mass is 32.1. The van der Waals surface area contributed by atoms with E-state index in [9.17, 15) is 4.79 Å². The van der Waals surface area contributed by atoms with E-state index in [0.29, 0.717) is 13.0 Å². The molecule has 0 aliphatic carbocycles. The molecule has 3 nitrogen and oxygen atoms in total. The third-order valence-electron chi connectivity index (χ3n) is 2.40. The van der Waals surface area contributed by atoms with Crippen LogP contribution in [0, 0.1) is 6.92 Å². The minimum absolute atomic E-state index is 0.0801. The van der Waals surface area contributed by atoms with Gasteiger partial charge in [0.15, 0.2) is 0 Å². The normalized spacial score (nSPS) is 16.7. The van der Waals surface area contributed by atoms with E-state index in [1.54, 1.807) is 11.3 Å². The summed E-state index contributed by atoms with van der Waals surface area (Å²) in [5.74, 6) is 0.0801. The molecule has 0 radical (unpaired) electrons. The van der Waals surface area contributed by atoms with Gasteiger partial charge in [-0.1, -0.05) is 0 Å². The lowest BCUT2D eigenvalue weighted by molar-refractivity contribution is -0.196. The molecule has 1 amide bonds. The summed E-state index contributed by atoms with van der Waals surface area (Å²) in [6, 6.07) is 4.06. The third kappa shape index (κ3) is 2.79. The first kappa shape index (κ1) is 10.6. The average molecular weight is 225 g/mol. The van der Waals surface area contributed by atoms with E-state index in [2.05, 4.69) is 6.92 Å². The van der Waals surface area contributed by atoms with Crippen LogP contribution >= 0.6 is 11.3 Å². The second kappa shape index (κ2) is 4.77. The average Bonchev–Trinajstić information content (AvgIpc) is 2.65. The zero-order chi connectivity index (χ0) is 10.7. The highest BCUT2D eigenvalue weighted by Gasteiger charge is 2.18. The highest BCUT2D eigenvalue weighted by Crippen LogP contribution is 2.17. The molecule has 0 bridgehead atoms. The zero-order valence-corrected chi connectivity index (χ0v) is 9.68. The molecule has 1 saturated heterocycles. The zero-order valence-electron chi connectivity index (χ0n) is 8.86. The van der Waals surface area contributed by atoms with Crippen molar-refractivity contribution < 1.29 is 9.63 Å². The Kier molecular flexibility index (Phi) is 3.38. The SMILES string of the molecule is Cc1ccc(CC(=O)N2CCCCO2)s1. The Morgan fingerprint density at radius 2 is 2.40 bits per heavy atom. The number of hydrogen-bond acceptors (Lipinski definition) is 3. The van der Waals surface area contributed by atoms with Gasteiger partial charge in [0.25, 0.3) is 5.91 Å². The van der Waals surface area contributed by atoms with Crippen molar-refractivity contribution in [1.82, 2.24) is 5.06 Å². The maximum absolute atomic E-state index is 11.8. The van der Waals surface area contributed by atoms with E-state index in [0.717, 1.165) is 24.3 Å². The van der Waals surface area contributed by atoms with Crippen LogP contribution in [0.4, 0.5) is 0 Å². The molecule has 0 aromatic carbocycles. The summed E-state index contributed by atoms with van der Waals surface area (Å²) in [6.45, 7) is 3.47. The van der Waals surface area contributed by atoms with Gasteiger partial charge in [-0.25, -0.2) is 5.06 Å². The highest BCUT2D eigenvalue weighted by molar-refractivity contribution is 7.12. The molecule has 82 valence electrons. The van der Waals surface area contributed by atoms with Crippen LogP contribution in [-0.2, 0) is 16.1 Å². The number of hydroxylamine groups is 2. The fraction of sp³-hybridized carbons (Fsp3) is 0.545. The van der Waals surface area contributed by atoms with Gasteiger partial charge >= 0.3 is 0 Å². The van der Waals surface area contributed by atoms with E-state index >= 15 is 0 Å². The lowest BCUT2D eigenvalue weighted by atomic mass is 10.2. The van der Waals surface area contributed by atoms with Crippen LogP contribution in [0.1, 0.15) is 22.6 Å². The van der Waals surface area contributed by atoms with Crippen molar-refractivity contribution in [2.75, 3.05) is 13.2 Å². The number of carbonyl (C=O) groups excluding carboxylic acids is 1. The number of amides is 1. The van der Waals surface area contributed by atoms with Gasteiger partial charge in [0.05, 0.1) is 13.0 Å². The van der Waals surface area contributed by atoms with Gasteiger partial charge in [-0.2, -0.15) is 0 Å². The van der Waals surface area contributed by atoms with Crippen molar-refractivity contribution in [3.8, 4) is 0 Å². The molecule has 0 N–H and O–H groups in total. The molecule has 2 heterocycles. The number of nitrogens with zero attached hydrogens (tertiary/aromatic N) is 1. The Morgan fingerprint density at radius 1 is 1.53 bits per heavy atom. The minimum atomic E-state index is 0.0801. The topological polar surface area (TPSA) is 29.5 Å². The van der Waals surface area contributed by atoms with Crippen LogP contribution in [0.25, 0.3) is 0 Å². The number of aryl methyl sites for hydroxylation is 1.